The topological polar surface area (TPSA) is 32.3 Å². The van der Waals surface area contributed by atoms with E-state index in [1.165, 1.54) is 5.56 Å². The van der Waals surface area contributed by atoms with Gasteiger partial charge in [0.15, 0.2) is 0 Å². The van der Waals surface area contributed by atoms with Gasteiger partial charge >= 0.3 is 0 Å². The number of hydrogen-bond donors (Lipinski definition) is 1. The molecule has 0 saturated heterocycles. The molecule has 0 aromatic heterocycles. The van der Waals surface area contributed by atoms with Crippen molar-refractivity contribution in [3.05, 3.63) is 35.9 Å². The third-order valence-corrected chi connectivity index (χ3v) is 4.37. The van der Waals surface area contributed by atoms with Crippen molar-refractivity contribution in [2.45, 2.75) is 45.6 Å². The van der Waals surface area contributed by atoms with Crippen LogP contribution in [0.3, 0.4) is 0 Å². The van der Waals surface area contributed by atoms with Gasteiger partial charge in [0, 0.05) is 18.5 Å². The van der Waals surface area contributed by atoms with Gasteiger partial charge in [-0.25, -0.2) is 0 Å². The van der Waals surface area contributed by atoms with E-state index in [2.05, 4.69) is 50.0 Å². The van der Waals surface area contributed by atoms with Gasteiger partial charge in [0.2, 0.25) is 5.91 Å². The van der Waals surface area contributed by atoms with Crippen LogP contribution in [0.25, 0.3) is 0 Å². The highest BCUT2D eigenvalue weighted by Gasteiger charge is 2.23. The number of benzene rings is 1. The highest BCUT2D eigenvalue weighted by atomic mass is 16.1. The van der Waals surface area contributed by atoms with Crippen molar-refractivity contribution in [2.75, 3.05) is 20.6 Å². The van der Waals surface area contributed by atoms with E-state index in [1.54, 1.807) is 0 Å². The van der Waals surface area contributed by atoms with Crippen LogP contribution >= 0.6 is 0 Å². The summed E-state index contributed by atoms with van der Waals surface area (Å²) in [4.78, 5) is 14.4. The highest BCUT2D eigenvalue weighted by Crippen LogP contribution is 2.27. The molecule has 0 saturated carbocycles. The van der Waals surface area contributed by atoms with Gasteiger partial charge in [-0.2, -0.15) is 0 Å². The Morgan fingerprint density at radius 3 is 2.24 bits per heavy atom. The molecule has 3 nitrogen and oxygen atoms in total. The van der Waals surface area contributed by atoms with E-state index >= 15 is 0 Å². The van der Waals surface area contributed by atoms with E-state index in [-0.39, 0.29) is 17.4 Å². The van der Waals surface area contributed by atoms with Gasteiger partial charge in [-0.15, -0.1) is 0 Å². The summed E-state index contributed by atoms with van der Waals surface area (Å²) in [5, 5.41) is 3.08. The monoisotopic (exact) mass is 290 g/mol. The zero-order chi connectivity index (χ0) is 16.0. The number of nitrogens with zero attached hydrogens (tertiary/aromatic N) is 1. The summed E-state index contributed by atoms with van der Waals surface area (Å²) < 4.78 is 0. The third kappa shape index (κ3) is 5.50. The molecule has 0 aliphatic carbocycles. The molecule has 0 heterocycles. The Kier molecular flexibility index (Phi) is 6.41. The summed E-state index contributed by atoms with van der Waals surface area (Å²) in [6, 6.07) is 10.3. The first kappa shape index (κ1) is 17.7. The maximum Gasteiger partial charge on any atom is 0.220 e. The molecule has 1 aromatic rings. The number of carbonyl (C=O) groups is 1. The van der Waals surface area contributed by atoms with Crippen LogP contribution < -0.4 is 5.32 Å². The summed E-state index contributed by atoms with van der Waals surface area (Å²) in [7, 11) is 4.07. The van der Waals surface area contributed by atoms with Crippen molar-refractivity contribution >= 4 is 5.91 Å². The molecule has 3 heteroatoms. The van der Waals surface area contributed by atoms with E-state index in [4.69, 9.17) is 0 Å². The Bertz CT molecular complexity index is 438. The van der Waals surface area contributed by atoms with Gasteiger partial charge in [0.25, 0.3) is 0 Å². The summed E-state index contributed by atoms with van der Waals surface area (Å²) >= 11 is 0. The Hall–Kier alpha value is -1.35. The standard InChI is InChI=1S/C18H30N2O/c1-14(2)16(15-10-8-7-9-11-15)12-17(21)19-13-18(3,4)20(5)6/h7-11,14,16H,12-13H2,1-6H3,(H,19,21). The highest BCUT2D eigenvalue weighted by molar-refractivity contribution is 5.77. The van der Waals surface area contributed by atoms with E-state index in [0.29, 0.717) is 18.9 Å². The lowest BCUT2D eigenvalue weighted by Gasteiger charge is -2.33. The molecule has 0 bridgehead atoms. The molecule has 0 aliphatic heterocycles. The number of carbonyl (C=O) groups excluding carboxylic acids is 1. The number of amides is 1. The van der Waals surface area contributed by atoms with Crippen LogP contribution in [0.1, 0.15) is 45.6 Å². The summed E-state index contributed by atoms with van der Waals surface area (Å²) in [5.74, 6) is 0.848. The lowest BCUT2D eigenvalue weighted by Crippen LogP contribution is -2.48. The van der Waals surface area contributed by atoms with Crippen LogP contribution in [0.5, 0.6) is 0 Å². The zero-order valence-electron chi connectivity index (χ0n) is 14.3. The molecular weight excluding hydrogens is 260 g/mol. The van der Waals surface area contributed by atoms with Gasteiger partial charge in [0.1, 0.15) is 0 Å². The number of hydrogen-bond acceptors (Lipinski definition) is 2. The van der Waals surface area contributed by atoms with Crippen molar-refractivity contribution in [3.63, 3.8) is 0 Å². The Morgan fingerprint density at radius 2 is 1.76 bits per heavy atom. The minimum absolute atomic E-state index is 0.0320. The van der Waals surface area contributed by atoms with Crippen LogP contribution in [0.2, 0.25) is 0 Å². The van der Waals surface area contributed by atoms with Crippen molar-refractivity contribution in [1.29, 1.82) is 0 Å². The van der Waals surface area contributed by atoms with Gasteiger partial charge < -0.3 is 10.2 Å². The molecule has 0 spiro atoms. The fourth-order valence-corrected chi connectivity index (χ4v) is 2.18. The van der Waals surface area contributed by atoms with Gasteiger partial charge in [-0.1, -0.05) is 44.2 Å². The fraction of sp³-hybridized carbons (Fsp3) is 0.611. The first-order valence-electron chi connectivity index (χ1n) is 7.73. The molecule has 1 unspecified atom stereocenters. The molecule has 21 heavy (non-hydrogen) atoms. The van der Waals surface area contributed by atoms with E-state index < -0.39 is 0 Å². The average molecular weight is 290 g/mol. The normalized spacial score (nSPS) is 13.5. The predicted octanol–water partition coefficient (Wildman–Crippen LogP) is 3.27. The summed E-state index contributed by atoms with van der Waals surface area (Å²) in [6.07, 6.45) is 0.547. The van der Waals surface area contributed by atoms with Crippen molar-refractivity contribution in [3.8, 4) is 0 Å². The van der Waals surface area contributed by atoms with Crippen LogP contribution in [-0.4, -0.2) is 37.0 Å². The summed E-state index contributed by atoms with van der Waals surface area (Å²) in [6.45, 7) is 9.27. The molecule has 118 valence electrons. The molecule has 0 radical (unpaired) electrons. The molecule has 0 fully saturated rings. The van der Waals surface area contributed by atoms with Crippen LogP contribution in [-0.2, 0) is 4.79 Å². The first-order valence-corrected chi connectivity index (χ1v) is 7.73. The maximum absolute atomic E-state index is 12.3. The lowest BCUT2D eigenvalue weighted by molar-refractivity contribution is -0.122. The molecule has 1 aromatic carbocycles. The second-order valence-electron chi connectivity index (χ2n) is 6.95. The fourth-order valence-electron chi connectivity index (χ4n) is 2.18. The zero-order valence-corrected chi connectivity index (χ0v) is 14.3. The molecule has 0 aliphatic rings. The van der Waals surface area contributed by atoms with Crippen LogP contribution in [0.4, 0.5) is 0 Å². The number of likely N-dealkylation sites (N-methyl/N-ethyl adjacent to an activating group) is 1. The molecule has 1 atom stereocenters. The minimum Gasteiger partial charge on any atom is -0.354 e. The lowest BCUT2D eigenvalue weighted by atomic mass is 9.85. The van der Waals surface area contributed by atoms with Crippen molar-refractivity contribution < 1.29 is 4.79 Å². The molecule has 1 rings (SSSR count). The van der Waals surface area contributed by atoms with Crippen LogP contribution in [0, 0.1) is 5.92 Å². The summed E-state index contributed by atoms with van der Waals surface area (Å²) in [5.41, 5.74) is 1.21. The second kappa shape index (κ2) is 7.60. The maximum atomic E-state index is 12.3. The number of nitrogens with one attached hydrogen (secondary N) is 1. The molecular formula is C18H30N2O. The van der Waals surface area contributed by atoms with Crippen molar-refractivity contribution in [2.24, 2.45) is 5.92 Å². The first-order chi connectivity index (χ1) is 9.74. The third-order valence-electron chi connectivity index (χ3n) is 4.37. The van der Waals surface area contributed by atoms with Gasteiger partial charge in [-0.05, 0) is 45.3 Å². The van der Waals surface area contributed by atoms with E-state index in [9.17, 15) is 4.79 Å². The van der Waals surface area contributed by atoms with Crippen molar-refractivity contribution in [1.82, 2.24) is 10.2 Å². The molecule has 1 amide bonds. The quantitative estimate of drug-likeness (QED) is 0.836. The Balaban J connectivity index is 2.63. The predicted molar refractivity (Wildman–Crippen MR) is 89.4 cm³/mol. The second-order valence-corrected chi connectivity index (χ2v) is 6.95. The largest absolute Gasteiger partial charge is 0.354 e. The Labute approximate surface area is 129 Å². The smallest absolute Gasteiger partial charge is 0.220 e. The van der Waals surface area contributed by atoms with E-state index in [1.807, 2.05) is 32.3 Å². The van der Waals surface area contributed by atoms with E-state index in [0.717, 1.165) is 0 Å². The minimum atomic E-state index is -0.0320. The SMILES string of the molecule is CC(C)C(CC(=O)NCC(C)(C)N(C)C)c1ccccc1. The van der Waals surface area contributed by atoms with Gasteiger partial charge in [-0.3, -0.25) is 4.79 Å². The molecule has 1 N–H and O–H groups in total. The average Bonchev–Trinajstić information content (AvgIpc) is 2.43. The van der Waals surface area contributed by atoms with Crippen LogP contribution in [0.15, 0.2) is 30.3 Å². The Morgan fingerprint density at radius 1 is 1.19 bits per heavy atom. The number of rotatable bonds is 7. The van der Waals surface area contributed by atoms with Gasteiger partial charge in [0.05, 0.1) is 0 Å².